The molecule has 1 aliphatic rings. The Morgan fingerprint density at radius 2 is 1.89 bits per heavy atom. The second-order valence-corrected chi connectivity index (χ2v) is 11.9. The number of nitrogens with zero attached hydrogens (tertiary/aromatic N) is 2. The van der Waals surface area contributed by atoms with E-state index in [0.717, 1.165) is 22.4 Å². The third-order valence-corrected chi connectivity index (χ3v) is 7.95. The Hall–Kier alpha value is -3.33. The summed E-state index contributed by atoms with van der Waals surface area (Å²) in [5.74, 6) is 2.05. The zero-order valence-electron chi connectivity index (χ0n) is 21.2. The largest absolute Gasteiger partial charge is 0.493 e. The van der Waals surface area contributed by atoms with Crippen molar-refractivity contribution in [2.45, 2.75) is 40.2 Å². The summed E-state index contributed by atoms with van der Waals surface area (Å²) in [4.78, 5) is 12.8. The number of anilines is 1. The molecular formula is C27H33N3O5S. The fraction of sp³-hybridized carbons (Fsp3) is 0.407. The van der Waals surface area contributed by atoms with Crippen LogP contribution in [0.3, 0.4) is 0 Å². The number of carbonyl (C=O) groups is 1. The standard InChI is InChI=1S/C27H33N3O5S/c1-18(2)15-34-23-10-8-21(9-11-23)24-14-26(30(29-24)22-12-13-36(32,33)17-22)28-27(31)16-35-25-7-5-6-19(3)20(25)4/h5-11,14,18,22H,12-13,15-17H2,1-4H3,(H,28,31)/t22-/m1/s1. The molecule has 0 saturated carbocycles. The van der Waals surface area contributed by atoms with Crippen molar-refractivity contribution < 1.29 is 22.7 Å². The number of aromatic nitrogens is 2. The Kier molecular flexibility index (Phi) is 7.68. The lowest BCUT2D eigenvalue weighted by atomic mass is 10.1. The Labute approximate surface area is 212 Å². The van der Waals surface area contributed by atoms with Crippen molar-refractivity contribution in [3.63, 3.8) is 0 Å². The topological polar surface area (TPSA) is 99.5 Å². The molecule has 1 atom stereocenters. The van der Waals surface area contributed by atoms with Crippen LogP contribution < -0.4 is 14.8 Å². The van der Waals surface area contributed by atoms with Crippen LogP contribution in [0.25, 0.3) is 11.3 Å². The normalized spacial score (nSPS) is 16.8. The number of benzene rings is 2. The fourth-order valence-electron chi connectivity index (χ4n) is 4.06. The molecule has 8 nitrogen and oxygen atoms in total. The van der Waals surface area contributed by atoms with Crippen LogP contribution in [-0.4, -0.2) is 48.8 Å². The molecule has 0 spiro atoms. The smallest absolute Gasteiger partial charge is 0.263 e. The molecule has 4 rings (SSSR count). The van der Waals surface area contributed by atoms with Gasteiger partial charge in [-0.3, -0.25) is 4.79 Å². The van der Waals surface area contributed by atoms with Crippen molar-refractivity contribution in [1.82, 2.24) is 9.78 Å². The van der Waals surface area contributed by atoms with Crippen molar-refractivity contribution in [2.24, 2.45) is 5.92 Å². The average Bonchev–Trinajstić information content (AvgIpc) is 3.41. The van der Waals surface area contributed by atoms with Gasteiger partial charge in [-0.05, 0) is 67.6 Å². The van der Waals surface area contributed by atoms with E-state index in [9.17, 15) is 13.2 Å². The third-order valence-electron chi connectivity index (χ3n) is 6.20. The van der Waals surface area contributed by atoms with Crippen molar-refractivity contribution >= 4 is 21.6 Å². The van der Waals surface area contributed by atoms with Gasteiger partial charge in [0.25, 0.3) is 5.91 Å². The van der Waals surface area contributed by atoms with E-state index in [1.165, 1.54) is 0 Å². The first-order valence-electron chi connectivity index (χ1n) is 12.1. The highest BCUT2D eigenvalue weighted by molar-refractivity contribution is 7.91. The van der Waals surface area contributed by atoms with Crippen LogP contribution in [0.2, 0.25) is 0 Å². The Balaban J connectivity index is 1.53. The molecule has 1 aliphatic heterocycles. The molecule has 0 radical (unpaired) electrons. The van der Waals surface area contributed by atoms with E-state index >= 15 is 0 Å². The first kappa shape index (κ1) is 25.8. The molecule has 1 saturated heterocycles. The quantitative estimate of drug-likeness (QED) is 0.452. The summed E-state index contributed by atoms with van der Waals surface area (Å²) in [6, 6.07) is 14.7. The number of ether oxygens (including phenoxy) is 2. The monoisotopic (exact) mass is 511 g/mol. The van der Waals surface area contributed by atoms with Gasteiger partial charge in [0.15, 0.2) is 16.4 Å². The third kappa shape index (κ3) is 6.26. The van der Waals surface area contributed by atoms with E-state index in [-0.39, 0.29) is 30.1 Å². The molecule has 1 N–H and O–H groups in total. The molecule has 2 aromatic carbocycles. The summed E-state index contributed by atoms with van der Waals surface area (Å²) in [6.07, 6.45) is 0.452. The van der Waals surface area contributed by atoms with Crippen molar-refractivity contribution in [1.29, 1.82) is 0 Å². The lowest BCUT2D eigenvalue weighted by Crippen LogP contribution is -2.24. The van der Waals surface area contributed by atoms with Gasteiger partial charge < -0.3 is 14.8 Å². The maximum absolute atomic E-state index is 12.8. The SMILES string of the molecule is Cc1cccc(OCC(=O)Nc2cc(-c3ccc(OCC(C)C)cc3)nn2[C@@H]2CCS(=O)(=O)C2)c1C. The molecule has 192 valence electrons. The van der Waals surface area contributed by atoms with E-state index in [0.29, 0.717) is 36.2 Å². The maximum Gasteiger partial charge on any atom is 0.263 e. The van der Waals surface area contributed by atoms with Crippen LogP contribution in [0.1, 0.15) is 37.4 Å². The van der Waals surface area contributed by atoms with Gasteiger partial charge >= 0.3 is 0 Å². The highest BCUT2D eigenvalue weighted by atomic mass is 32.2. The molecule has 2 heterocycles. The van der Waals surface area contributed by atoms with E-state index in [4.69, 9.17) is 9.47 Å². The molecule has 1 fully saturated rings. The second-order valence-electron chi connectivity index (χ2n) is 9.68. The van der Waals surface area contributed by atoms with Crippen LogP contribution in [0.5, 0.6) is 11.5 Å². The van der Waals surface area contributed by atoms with Gasteiger partial charge in [0.1, 0.15) is 17.3 Å². The summed E-state index contributed by atoms with van der Waals surface area (Å²) in [6.45, 7) is 8.57. The van der Waals surface area contributed by atoms with Gasteiger partial charge in [-0.25, -0.2) is 13.1 Å². The molecular weight excluding hydrogens is 478 g/mol. The highest BCUT2D eigenvalue weighted by Gasteiger charge is 2.32. The van der Waals surface area contributed by atoms with E-state index in [1.807, 2.05) is 56.3 Å². The molecule has 36 heavy (non-hydrogen) atoms. The molecule has 0 unspecified atom stereocenters. The van der Waals surface area contributed by atoms with E-state index in [2.05, 4.69) is 24.3 Å². The maximum atomic E-state index is 12.8. The fourth-order valence-corrected chi connectivity index (χ4v) is 5.76. The lowest BCUT2D eigenvalue weighted by molar-refractivity contribution is -0.118. The molecule has 0 bridgehead atoms. The van der Waals surface area contributed by atoms with Crippen LogP contribution in [0.15, 0.2) is 48.5 Å². The number of amides is 1. The summed E-state index contributed by atoms with van der Waals surface area (Å²) in [7, 11) is -3.13. The zero-order valence-corrected chi connectivity index (χ0v) is 22.0. The number of hydrogen-bond donors (Lipinski definition) is 1. The minimum atomic E-state index is -3.13. The molecule has 1 amide bonds. The van der Waals surface area contributed by atoms with Crippen molar-refractivity contribution in [3.8, 4) is 22.8 Å². The minimum absolute atomic E-state index is 0.00203. The van der Waals surface area contributed by atoms with Crippen LogP contribution in [0.4, 0.5) is 5.82 Å². The van der Waals surface area contributed by atoms with Crippen molar-refractivity contribution in [3.05, 3.63) is 59.7 Å². The number of sulfone groups is 1. The first-order chi connectivity index (χ1) is 17.1. The predicted molar refractivity (Wildman–Crippen MR) is 140 cm³/mol. The summed E-state index contributed by atoms with van der Waals surface area (Å²) < 4.78 is 37.4. The number of hydrogen-bond acceptors (Lipinski definition) is 6. The van der Waals surface area contributed by atoms with Crippen molar-refractivity contribution in [2.75, 3.05) is 30.0 Å². The van der Waals surface area contributed by atoms with Crippen LogP contribution >= 0.6 is 0 Å². The highest BCUT2D eigenvalue weighted by Crippen LogP contribution is 2.31. The van der Waals surface area contributed by atoms with E-state index < -0.39 is 9.84 Å². The molecule has 1 aromatic heterocycles. The summed E-state index contributed by atoms with van der Waals surface area (Å²) >= 11 is 0. The van der Waals surface area contributed by atoms with Gasteiger partial charge in [0.05, 0.1) is 29.8 Å². The van der Waals surface area contributed by atoms with Gasteiger partial charge in [0, 0.05) is 11.6 Å². The van der Waals surface area contributed by atoms with E-state index in [1.54, 1.807) is 10.7 Å². The minimum Gasteiger partial charge on any atom is -0.493 e. The summed E-state index contributed by atoms with van der Waals surface area (Å²) in [5.41, 5.74) is 3.54. The molecule has 9 heteroatoms. The molecule has 0 aliphatic carbocycles. The van der Waals surface area contributed by atoms with Gasteiger partial charge in [-0.15, -0.1) is 0 Å². The number of rotatable bonds is 9. The molecule has 3 aromatic rings. The average molecular weight is 512 g/mol. The van der Waals surface area contributed by atoms with Gasteiger partial charge in [0.2, 0.25) is 0 Å². The summed E-state index contributed by atoms with van der Waals surface area (Å²) in [5, 5.41) is 7.56. The lowest BCUT2D eigenvalue weighted by Gasteiger charge is -2.14. The Morgan fingerprint density at radius 3 is 2.56 bits per heavy atom. The first-order valence-corrected chi connectivity index (χ1v) is 14.0. The predicted octanol–water partition coefficient (Wildman–Crippen LogP) is 4.58. The number of nitrogens with one attached hydrogen (secondary N) is 1. The van der Waals surface area contributed by atoms with Crippen LogP contribution in [0, 0.1) is 19.8 Å². The number of carbonyl (C=O) groups excluding carboxylic acids is 1. The second kappa shape index (κ2) is 10.7. The Morgan fingerprint density at radius 1 is 1.14 bits per heavy atom. The Bertz CT molecular complexity index is 1330. The van der Waals surface area contributed by atoms with Crippen LogP contribution in [-0.2, 0) is 14.6 Å². The number of aryl methyl sites for hydroxylation is 1. The van der Waals surface area contributed by atoms with Gasteiger partial charge in [-0.2, -0.15) is 5.10 Å². The zero-order chi connectivity index (χ0) is 25.9. The van der Waals surface area contributed by atoms with Gasteiger partial charge in [-0.1, -0.05) is 26.0 Å².